The number of piperidine rings is 1. The summed E-state index contributed by atoms with van der Waals surface area (Å²) < 4.78 is 37.6. The van der Waals surface area contributed by atoms with Gasteiger partial charge >= 0.3 is 0 Å². The lowest BCUT2D eigenvalue weighted by Gasteiger charge is -2.22. The standard InChI is InChI=1S/C13H18N2O4S/c16-20(17,11-3-5-14-6-4-11)15-8-10-1-2-12-13(7-10)19-9-18-12/h1-2,7,11,14-15H,3-6,8-9H2. The molecule has 0 atom stereocenters. The molecule has 1 saturated heterocycles. The first-order chi connectivity index (χ1) is 9.65. The van der Waals surface area contributed by atoms with Crippen LogP contribution >= 0.6 is 0 Å². The Kier molecular flexibility index (Phi) is 3.82. The van der Waals surface area contributed by atoms with Crippen LogP contribution in [0, 0.1) is 0 Å². The lowest BCUT2D eigenvalue weighted by molar-refractivity contribution is 0.174. The van der Waals surface area contributed by atoms with Crippen molar-refractivity contribution in [3.8, 4) is 11.5 Å². The van der Waals surface area contributed by atoms with Crippen LogP contribution in [0.2, 0.25) is 0 Å². The first kappa shape index (κ1) is 13.7. The number of hydrogen-bond acceptors (Lipinski definition) is 5. The monoisotopic (exact) mass is 298 g/mol. The summed E-state index contributed by atoms with van der Waals surface area (Å²) >= 11 is 0. The molecule has 110 valence electrons. The van der Waals surface area contributed by atoms with E-state index in [2.05, 4.69) is 10.0 Å². The smallest absolute Gasteiger partial charge is 0.231 e. The molecular formula is C13H18N2O4S. The summed E-state index contributed by atoms with van der Waals surface area (Å²) in [4.78, 5) is 0. The molecule has 0 saturated carbocycles. The SMILES string of the molecule is O=S(=O)(NCc1ccc2c(c1)OCO2)C1CCNCC1. The summed E-state index contributed by atoms with van der Waals surface area (Å²) in [6.45, 7) is 2.02. The van der Waals surface area contributed by atoms with Gasteiger partial charge in [-0.1, -0.05) is 6.07 Å². The summed E-state index contributed by atoms with van der Waals surface area (Å²) in [6, 6.07) is 5.46. The molecule has 2 heterocycles. The molecule has 0 bridgehead atoms. The van der Waals surface area contributed by atoms with Gasteiger partial charge in [0.2, 0.25) is 16.8 Å². The van der Waals surface area contributed by atoms with Crippen LogP contribution in [0.5, 0.6) is 11.5 Å². The number of fused-ring (bicyclic) bond motifs is 1. The topological polar surface area (TPSA) is 76.7 Å². The average molecular weight is 298 g/mol. The maximum absolute atomic E-state index is 12.2. The molecule has 7 heteroatoms. The molecule has 2 aliphatic heterocycles. The Morgan fingerprint density at radius 2 is 1.95 bits per heavy atom. The quantitative estimate of drug-likeness (QED) is 0.850. The molecule has 1 fully saturated rings. The van der Waals surface area contributed by atoms with E-state index in [1.807, 2.05) is 12.1 Å². The van der Waals surface area contributed by atoms with E-state index >= 15 is 0 Å². The Labute approximate surface area is 118 Å². The van der Waals surface area contributed by atoms with Gasteiger partial charge in [-0.3, -0.25) is 0 Å². The Balaban J connectivity index is 1.63. The van der Waals surface area contributed by atoms with Crippen molar-refractivity contribution >= 4 is 10.0 Å². The Morgan fingerprint density at radius 3 is 2.75 bits per heavy atom. The maximum Gasteiger partial charge on any atom is 0.231 e. The first-order valence-corrected chi connectivity index (χ1v) is 8.27. The minimum absolute atomic E-state index is 0.222. The van der Waals surface area contributed by atoms with Crippen molar-refractivity contribution in [2.45, 2.75) is 24.6 Å². The number of sulfonamides is 1. The third-order valence-corrected chi connectivity index (χ3v) is 5.54. The van der Waals surface area contributed by atoms with Crippen LogP contribution in [0.4, 0.5) is 0 Å². The highest BCUT2D eigenvalue weighted by atomic mass is 32.2. The van der Waals surface area contributed by atoms with Crippen molar-refractivity contribution in [2.75, 3.05) is 19.9 Å². The van der Waals surface area contributed by atoms with Gasteiger partial charge in [0, 0.05) is 6.54 Å². The second kappa shape index (κ2) is 5.59. The van der Waals surface area contributed by atoms with Crippen LogP contribution in [0.3, 0.4) is 0 Å². The molecule has 3 rings (SSSR count). The summed E-state index contributed by atoms with van der Waals surface area (Å²) in [5.41, 5.74) is 0.867. The predicted octanol–water partition coefficient (Wildman–Crippen LogP) is 0.587. The van der Waals surface area contributed by atoms with Crippen LogP contribution < -0.4 is 19.5 Å². The number of rotatable bonds is 4. The normalized spacial score (nSPS) is 19.2. The van der Waals surface area contributed by atoms with E-state index in [9.17, 15) is 8.42 Å². The van der Waals surface area contributed by atoms with Crippen molar-refractivity contribution < 1.29 is 17.9 Å². The number of ether oxygens (including phenoxy) is 2. The lowest BCUT2D eigenvalue weighted by atomic mass is 10.2. The zero-order valence-electron chi connectivity index (χ0n) is 11.1. The second-order valence-electron chi connectivity index (χ2n) is 5.00. The van der Waals surface area contributed by atoms with Gasteiger partial charge in [-0.15, -0.1) is 0 Å². The van der Waals surface area contributed by atoms with E-state index in [-0.39, 0.29) is 18.6 Å². The highest BCUT2D eigenvalue weighted by molar-refractivity contribution is 7.90. The zero-order valence-corrected chi connectivity index (χ0v) is 11.9. The van der Waals surface area contributed by atoms with E-state index in [0.717, 1.165) is 18.7 Å². The summed E-state index contributed by atoms with van der Waals surface area (Å²) in [6.07, 6.45) is 1.33. The molecule has 1 aromatic rings. The third-order valence-electron chi connectivity index (χ3n) is 3.64. The molecule has 0 radical (unpaired) electrons. The van der Waals surface area contributed by atoms with Crippen LogP contribution in [0.1, 0.15) is 18.4 Å². The Morgan fingerprint density at radius 1 is 1.20 bits per heavy atom. The minimum atomic E-state index is -3.26. The van der Waals surface area contributed by atoms with Crippen molar-refractivity contribution in [3.63, 3.8) is 0 Å². The number of nitrogens with one attached hydrogen (secondary N) is 2. The maximum atomic E-state index is 12.2. The molecule has 0 aromatic heterocycles. The predicted molar refractivity (Wildman–Crippen MR) is 74.2 cm³/mol. The van der Waals surface area contributed by atoms with Crippen molar-refractivity contribution in [1.29, 1.82) is 0 Å². The van der Waals surface area contributed by atoms with E-state index < -0.39 is 10.0 Å². The van der Waals surface area contributed by atoms with Gasteiger partial charge in [-0.2, -0.15) is 0 Å². The van der Waals surface area contributed by atoms with E-state index in [4.69, 9.17) is 9.47 Å². The molecule has 0 aliphatic carbocycles. The van der Waals surface area contributed by atoms with Gasteiger partial charge in [0.05, 0.1) is 5.25 Å². The van der Waals surface area contributed by atoms with Crippen molar-refractivity contribution in [3.05, 3.63) is 23.8 Å². The number of hydrogen-bond donors (Lipinski definition) is 2. The molecule has 0 unspecified atom stereocenters. The molecule has 6 nitrogen and oxygen atoms in total. The highest BCUT2D eigenvalue weighted by Gasteiger charge is 2.26. The van der Waals surface area contributed by atoms with E-state index in [1.54, 1.807) is 6.07 Å². The van der Waals surface area contributed by atoms with Crippen LogP contribution in [-0.4, -0.2) is 33.6 Å². The minimum Gasteiger partial charge on any atom is -0.454 e. The van der Waals surface area contributed by atoms with Gasteiger partial charge in [-0.05, 0) is 43.6 Å². The second-order valence-corrected chi connectivity index (χ2v) is 7.05. The van der Waals surface area contributed by atoms with Crippen LogP contribution in [0.15, 0.2) is 18.2 Å². The Bertz CT molecular complexity index is 582. The van der Waals surface area contributed by atoms with Gasteiger partial charge in [0.25, 0.3) is 0 Å². The van der Waals surface area contributed by atoms with Gasteiger partial charge in [0.15, 0.2) is 11.5 Å². The van der Waals surface area contributed by atoms with Crippen LogP contribution in [0.25, 0.3) is 0 Å². The van der Waals surface area contributed by atoms with E-state index in [0.29, 0.717) is 24.3 Å². The molecular weight excluding hydrogens is 280 g/mol. The molecule has 2 aliphatic rings. The molecule has 20 heavy (non-hydrogen) atoms. The molecule has 1 aromatic carbocycles. The van der Waals surface area contributed by atoms with Gasteiger partial charge < -0.3 is 14.8 Å². The van der Waals surface area contributed by atoms with Crippen LogP contribution in [-0.2, 0) is 16.6 Å². The average Bonchev–Trinajstić information content (AvgIpc) is 2.94. The molecule has 0 amide bonds. The molecule has 2 N–H and O–H groups in total. The third kappa shape index (κ3) is 2.89. The number of benzene rings is 1. The fraction of sp³-hybridized carbons (Fsp3) is 0.538. The first-order valence-electron chi connectivity index (χ1n) is 6.73. The van der Waals surface area contributed by atoms with Crippen molar-refractivity contribution in [1.82, 2.24) is 10.0 Å². The fourth-order valence-electron chi connectivity index (χ4n) is 2.46. The highest BCUT2D eigenvalue weighted by Crippen LogP contribution is 2.32. The van der Waals surface area contributed by atoms with Crippen molar-refractivity contribution in [2.24, 2.45) is 0 Å². The summed E-state index contributed by atoms with van der Waals surface area (Å²) in [5, 5.41) is 2.87. The molecule has 0 spiro atoms. The Hall–Kier alpha value is -1.31. The fourth-order valence-corrected chi connectivity index (χ4v) is 3.92. The largest absolute Gasteiger partial charge is 0.454 e. The van der Waals surface area contributed by atoms with E-state index in [1.165, 1.54) is 0 Å². The van der Waals surface area contributed by atoms with Gasteiger partial charge in [0.1, 0.15) is 0 Å². The van der Waals surface area contributed by atoms with Gasteiger partial charge in [-0.25, -0.2) is 13.1 Å². The lowest BCUT2D eigenvalue weighted by Crippen LogP contribution is -2.41. The summed E-state index contributed by atoms with van der Waals surface area (Å²) in [5.74, 6) is 1.37. The summed E-state index contributed by atoms with van der Waals surface area (Å²) in [7, 11) is -3.26. The zero-order chi connectivity index (χ0) is 14.0.